The Balaban J connectivity index is 3.03. The van der Waals surface area contributed by atoms with Gasteiger partial charge in [0.1, 0.15) is 0 Å². The van der Waals surface area contributed by atoms with Crippen LogP contribution >= 0.6 is 0 Å². The van der Waals surface area contributed by atoms with Gasteiger partial charge in [-0.2, -0.15) is 0 Å². The molecule has 1 aromatic carbocycles. The Bertz CT molecular complexity index is 406. The minimum atomic E-state index is -0.755. The number of methoxy groups -OCH3 is 1. The zero-order valence-corrected chi connectivity index (χ0v) is 10.1. The number of benzene rings is 1. The Kier molecular flexibility index (Phi) is 4.42. The summed E-state index contributed by atoms with van der Waals surface area (Å²) in [6, 6.07) is 4.46. The first-order valence-corrected chi connectivity index (χ1v) is 5.10. The molecule has 0 aliphatic rings. The van der Waals surface area contributed by atoms with Gasteiger partial charge in [0.2, 0.25) is 0 Å². The first-order valence-electron chi connectivity index (χ1n) is 5.10. The van der Waals surface area contributed by atoms with Gasteiger partial charge in [0, 0.05) is 12.6 Å². The standard InChI is InChI=1S/C11H16N2O4/c1-12(2)7-10(14)8-4-5-11(17-3)9(6-8)13(15)16/h4-6,10,14H,7H2,1-3H3. The van der Waals surface area contributed by atoms with E-state index in [-0.39, 0.29) is 11.4 Å². The minimum Gasteiger partial charge on any atom is -0.490 e. The van der Waals surface area contributed by atoms with Crippen molar-refractivity contribution in [2.45, 2.75) is 6.10 Å². The fraction of sp³-hybridized carbons (Fsp3) is 0.455. The van der Waals surface area contributed by atoms with Crippen LogP contribution in [0.1, 0.15) is 11.7 Å². The van der Waals surface area contributed by atoms with Gasteiger partial charge in [-0.25, -0.2) is 0 Å². The molecule has 0 fully saturated rings. The van der Waals surface area contributed by atoms with Crippen molar-refractivity contribution < 1.29 is 14.8 Å². The van der Waals surface area contributed by atoms with Crippen LogP contribution in [0, 0.1) is 10.1 Å². The van der Waals surface area contributed by atoms with E-state index in [0.29, 0.717) is 12.1 Å². The second-order valence-corrected chi connectivity index (χ2v) is 3.97. The number of aliphatic hydroxyl groups is 1. The molecule has 1 atom stereocenters. The summed E-state index contributed by atoms with van der Waals surface area (Å²) in [4.78, 5) is 12.1. The van der Waals surface area contributed by atoms with Gasteiger partial charge in [-0.1, -0.05) is 6.07 Å². The summed E-state index contributed by atoms with van der Waals surface area (Å²) >= 11 is 0. The lowest BCUT2D eigenvalue weighted by atomic mass is 10.1. The van der Waals surface area contributed by atoms with Gasteiger partial charge >= 0.3 is 5.69 Å². The van der Waals surface area contributed by atoms with Crippen molar-refractivity contribution in [2.24, 2.45) is 0 Å². The van der Waals surface area contributed by atoms with Gasteiger partial charge in [0.15, 0.2) is 5.75 Å². The van der Waals surface area contributed by atoms with Gasteiger partial charge in [-0.3, -0.25) is 10.1 Å². The summed E-state index contributed by atoms with van der Waals surface area (Å²) in [5, 5.41) is 20.7. The maximum Gasteiger partial charge on any atom is 0.311 e. The van der Waals surface area contributed by atoms with E-state index < -0.39 is 11.0 Å². The number of rotatable bonds is 5. The fourth-order valence-corrected chi connectivity index (χ4v) is 1.51. The molecule has 6 nitrogen and oxygen atoms in total. The van der Waals surface area contributed by atoms with E-state index in [1.807, 2.05) is 14.1 Å². The maximum atomic E-state index is 10.8. The molecule has 0 saturated heterocycles. The summed E-state index contributed by atoms with van der Waals surface area (Å²) in [5.74, 6) is 0.191. The number of hydrogen-bond acceptors (Lipinski definition) is 5. The topological polar surface area (TPSA) is 75.8 Å². The van der Waals surface area contributed by atoms with Crippen molar-refractivity contribution in [3.63, 3.8) is 0 Å². The largest absolute Gasteiger partial charge is 0.490 e. The second-order valence-electron chi connectivity index (χ2n) is 3.97. The van der Waals surface area contributed by atoms with E-state index in [9.17, 15) is 15.2 Å². The summed E-state index contributed by atoms with van der Waals surface area (Å²) in [6.45, 7) is 0.406. The van der Waals surface area contributed by atoms with Crippen LogP contribution in [-0.2, 0) is 0 Å². The number of nitro benzene ring substituents is 1. The molecule has 94 valence electrons. The lowest BCUT2D eigenvalue weighted by Crippen LogP contribution is -2.20. The molecule has 0 aliphatic carbocycles. The number of ether oxygens (including phenoxy) is 1. The van der Waals surface area contributed by atoms with E-state index in [1.54, 1.807) is 11.0 Å². The predicted octanol–water partition coefficient (Wildman–Crippen LogP) is 1.20. The number of likely N-dealkylation sites (N-methyl/N-ethyl adjacent to an activating group) is 1. The van der Waals surface area contributed by atoms with Crippen LogP contribution in [0.25, 0.3) is 0 Å². The van der Waals surface area contributed by atoms with E-state index in [2.05, 4.69) is 0 Å². The molecule has 0 spiro atoms. The predicted molar refractivity (Wildman–Crippen MR) is 63.2 cm³/mol. The van der Waals surface area contributed by atoms with Crippen LogP contribution in [0.4, 0.5) is 5.69 Å². The lowest BCUT2D eigenvalue weighted by Gasteiger charge is -2.16. The average Bonchev–Trinajstić information content (AvgIpc) is 2.27. The molecule has 0 amide bonds. The second kappa shape index (κ2) is 5.60. The Morgan fingerprint density at radius 1 is 1.53 bits per heavy atom. The Morgan fingerprint density at radius 3 is 2.65 bits per heavy atom. The molecule has 1 unspecified atom stereocenters. The summed E-state index contributed by atoms with van der Waals surface area (Å²) in [5.41, 5.74) is 0.369. The van der Waals surface area contributed by atoms with Crippen LogP contribution in [-0.4, -0.2) is 42.7 Å². The van der Waals surface area contributed by atoms with E-state index in [0.717, 1.165) is 0 Å². The monoisotopic (exact) mass is 240 g/mol. The maximum absolute atomic E-state index is 10.8. The van der Waals surface area contributed by atoms with Gasteiger partial charge in [0.05, 0.1) is 18.1 Å². The molecular formula is C11H16N2O4. The Hall–Kier alpha value is -1.66. The van der Waals surface area contributed by atoms with Crippen molar-refractivity contribution >= 4 is 5.69 Å². The van der Waals surface area contributed by atoms with E-state index in [1.165, 1.54) is 19.2 Å². The molecule has 0 aromatic heterocycles. The first kappa shape index (κ1) is 13.4. The molecule has 0 heterocycles. The fourth-order valence-electron chi connectivity index (χ4n) is 1.51. The highest BCUT2D eigenvalue weighted by atomic mass is 16.6. The van der Waals surface area contributed by atoms with Crippen LogP contribution < -0.4 is 4.74 Å². The average molecular weight is 240 g/mol. The molecule has 0 aliphatic heterocycles. The van der Waals surface area contributed by atoms with Crippen molar-refractivity contribution in [2.75, 3.05) is 27.7 Å². The molecule has 1 aromatic rings. The third-order valence-electron chi connectivity index (χ3n) is 2.32. The van der Waals surface area contributed by atoms with Gasteiger partial charge in [0.25, 0.3) is 0 Å². The quantitative estimate of drug-likeness (QED) is 0.618. The zero-order valence-electron chi connectivity index (χ0n) is 10.1. The van der Waals surface area contributed by atoms with Gasteiger partial charge in [-0.15, -0.1) is 0 Å². The molecule has 0 radical (unpaired) electrons. The molecule has 6 heteroatoms. The van der Waals surface area contributed by atoms with E-state index in [4.69, 9.17) is 4.74 Å². The molecule has 0 saturated carbocycles. The normalized spacial score (nSPS) is 12.5. The number of nitro groups is 1. The van der Waals surface area contributed by atoms with E-state index >= 15 is 0 Å². The zero-order chi connectivity index (χ0) is 13.0. The Morgan fingerprint density at radius 2 is 2.18 bits per heavy atom. The molecule has 17 heavy (non-hydrogen) atoms. The molecule has 0 bridgehead atoms. The van der Waals surface area contributed by atoms with Crippen molar-refractivity contribution in [3.8, 4) is 5.75 Å². The lowest BCUT2D eigenvalue weighted by molar-refractivity contribution is -0.385. The third kappa shape index (κ3) is 3.40. The highest BCUT2D eigenvalue weighted by Crippen LogP contribution is 2.29. The summed E-state index contributed by atoms with van der Waals surface area (Å²) in [7, 11) is 5.01. The van der Waals surface area contributed by atoms with Crippen molar-refractivity contribution in [3.05, 3.63) is 33.9 Å². The molecule has 1 rings (SSSR count). The van der Waals surface area contributed by atoms with Crippen molar-refractivity contribution in [1.29, 1.82) is 0 Å². The SMILES string of the molecule is COc1ccc(C(O)CN(C)C)cc1[N+](=O)[O-]. The summed E-state index contributed by atoms with van der Waals surface area (Å²) < 4.78 is 4.89. The number of nitrogens with zero attached hydrogens (tertiary/aromatic N) is 2. The first-order chi connectivity index (χ1) is 7.95. The molecular weight excluding hydrogens is 224 g/mol. The highest BCUT2D eigenvalue weighted by molar-refractivity contribution is 5.49. The minimum absolute atomic E-state index is 0.136. The number of hydrogen-bond donors (Lipinski definition) is 1. The smallest absolute Gasteiger partial charge is 0.311 e. The Labute approximate surface area is 99.6 Å². The van der Waals surface area contributed by atoms with Gasteiger partial charge in [-0.05, 0) is 25.7 Å². The third-order valence-corrected chi connectivity index (χ3v) is 2.32. The summed E-state index contributed by atoms with van der Waals surface area (Å²) in [6.07, 6.45) is -0.755. The number of aliphatic hydroxyl groups excluding tert-OH is 1. The van der Waals surface area contributed by atoms with Crippen molar-refractivity contribution in [1.82, 2.24) is 4.90 Å². The van der Waals surface area contributed by atoms with Crippen LogP contribution in [0.3, 0.4) is 0 Å². The van der Waals surface area contributed by atoms with Crippen LogP contribution in [0.5, 0.6) is 5.75 Å². The van der Waals surface area contributed by atoms with Gasteiger partial charge < -0.3 is 14.7 Å². The van der Waals surface area contributed by atoms with Crippen LogP contribution in [0.15, 0.2) is 18.2 Å². The van der Waals surface area contributed by atoms with Crippen LogP contribution in [0.2, 0.25) is 0 Å². The molecule has 1 N–H and O–H groups in total. The highest BCUT2D eigenvalue weighted by Gasteiger charge is 2.18.